The molecule has 0 unspecified atom stereocenters. The van der Waals surface area contributed by atoms with Crippen molar-refractivity contribution in [3.8, 4) is 5.75 Å². The zero-order valence-electron chi connectivity index (χ0n) is 17.0. The van der Waals surface area contributed by atoms with Crippen LogP contribution in [0.2, 0.25) is 0 Å². The summed E-state index contributed by atoms with van der Waals surface area (Å²) in [5.41, 5.74) is 5.76. The Morgan fingerprint density at radius 1 is 1.18 bits per heavy atom. The molecule has 2 atom stereocenters. The van der Waals surface area contributed by atoms with Gasteiger partial charge >= 0.3 is 0 Å². The molecule has 2 aliphatic rings. The Morgan fingerprint density at radius 3 is 2.93 bits per heavy atom. The highest BCUT2D eigenvalue weighted by Crippen LogP contribution is 2.52. The summed E-state index contributed by atoms with van der Waals surface area (Å²) < 4.78 is 5.59. The van der Waals surface area contributed by atoms with Crippen molar-refractivity contribution < 1.29 is 4.74 Å². The molecule has 3 aromatic rings. The second-order valence-corrected chi connectivity index (χ2v) is 8.54. The predicted octanol–water partition coefficient (Wildman–Crippen LogP) is 5.28. The second-order valence-electron chi connectivity index (χ2n) is 8.54. The average Bonchev–Trinajstić information content (AvgIpc) is 3.12. The number of hydrogen-bond acceptors (Lipinski definition) is 2. The fourth-order valence-electron chi connectivity index (χ4n) is 5.69. The summed E-state index contributed by atoms with van der Waals surface area (Å²) in [5.74, 6) is 0.962. The lowest BCUT2D eigenvalue weighted by atomic mass is 9.61. The molecular formula is C25H30N2O. The topological polar surface area (TPSA) is 28.3 Å². The number of unbranched alkanes of at least 4 members (excludes halogenated alkanes) is 1. The monoisotopic (exact) mass is 374 g/mol. The Hall–Kier alpha value is -2.26. The Balaban J connectivity index is 1.68. The number of hydrogen-bond donors (Lipinski definition) is 1. The molecule has 1 fully saturated rings. The van der Waals surface area contributed by atoms with Gasteiger partial charge in [-0.1, -0.05) is 43.7 Å². The quantitative estimate of drug-likeness (QED) is 0.658. The molecule has 2 aromatic carbocycles. The highest BCUT2D eigenvalue weighted by atomic mass is 16.5. The molecule has 1 aliphatic carbocycles. The summed E-state index contributed by atoms with van der Waals surface area (Å²) in [4.78, 5) is 6.53. The van der Waals surface area contributed by atoms with Crippen molar-refractivity contribution in [3.63, 3.8) is 0 Å². The minimum Gasteiger partial charge on any atom is -0.497 e. The first kappa shape index (κ1) is 17.8. The van der Waals surface area contributed by atoms with Crippen molar-refractivity contribution in [3.05, 3.63) is 65.4 Å². The van der Waals surface area contributed by atoms with Gasteiger partial charge in [0.15, 0.2) is 0 Å². The number of nitrogens with zero attached hydrogens (tertiary/aromatic N) is 1. The summed E-state index contributed by atoms with van der Waals surface area (Å²) in [7, 11) is 1.77. The van der Waals surface area contributed by atoms with E-state index in [1.54, 1.807) is 12.7 Å². The summed E-state index contributed by atoms with van der Waals surface area (Å²) in [6.07, 6.45) is 6.08. The number of fused-ring (bicyclic) bond motifs is 6. The lowest BCUT2D eigenvalue weighted by molar-refractivity contribution is 0.0944. The Kier molecular flexibility index (Phi) is 4.43. The minimum atomic E-state index is 0.0785. The van der Waals surface area contributed by atoms with Gasteiger partial charge in [-0.3, -0.25) is 4.90 Å². The molecule has 0 amide bonds. The molecule has 5 rings (SSSR count). The second kappa shape index (κ2) is 6.97. The molecule has 1 N–H and O–H groups in total. The number of methoxy groups -OCH3 is 1. The molecule has 3 nitrogen and oxygen atoms in total. The number of likely N-dealkylation sites (tertiary alicyclic amines) is 1. The molecular weight excluding hydrogens is 344 g/mol. The summed E-state index contributed by atoms with van der Waals surface area (Å²) in [6.45, 7) is 4.70. The van der Waals surface area contributed by atoms with E-state index < -0.39 is 0 Å². The number of piperidine rings is 1. The Morgan fingerprint density at radius 2 is 2.07 bits per heavy atom. The van der Waals surface area contributed by atoms with Gasteiger partial charge in [-0.2, -0.15) is 0 Å². The first-order valence-electron chi connectivity index (χ1n) is 10.7. The van der Waals surface area contributed by atoms with Crippen LogP contribution in [-0.2, 0) is 11.8 Å². The van der Waals surface area contributed by atoms with E-state index in [1.165, 1.54) is 60.9 Å². The largest absolute Gasteiger partial charge is 0.497 e. The van der Waals surface area contributed by atoms with Crippen molar-refractivity contribution in [1.82, 2.24) is 9.88 Å². The number of H-pyrrole nitrogens is 1. The van der Waals surface area contributed by atoms with Gasteiger partial charge in [0.1, 0.15) is 5.75 Å². The molecule has 2 bridgehead atoms. The van der Waals surface area contributed by atoms with Crippen molar-refractivity contribution in [2.75, 3.05) is 20.2 Å². The maximum atomic E-state index is 5.59. The zero-order chi connectivity index (χ0) is 19.1. The highest BCUT2D eigenvalue weighted by Gasteiger charge is 2.48. The Bertz CT molecular complexity index is 991. The van der Waals surface area contributed by atoms with Gasteiger partial charge in [0, 0.05) is 34.5 Å². The fourth-order valence-corrected chi connectivity index (χ4v) is 5.69. The van der Waals surface area contributed by atoms with E-state index in [2.05, 4.69) is 65.3 Å². The Labute approximate surface area is 167 Å². The van der Waals surface area contributed by atoms with Gasteiger partial charge in [-0.05, 0) is 61.7 Å². The highest BCUT2D eigenvalue weighted by molar-refractivity contribution is 5.87. The third-order valence-electron chi connectivity index (χ3n) is 7.05. The third-order valence-corrected chi connectivity index (χ3v) is 7.05. The van der Waals surface area contributed by atoms with Gasteiger partial charge in [-0.25, -0.2) is 0 Å². The molecule has 146 valence electrons. The maximum absolute atomic E-state index is 5.59. The van der Waals surface area contributed by atoms with Crippen LogP contribution < -0.4 is 4.74 Å². The molecule has 28 heavy (non-hydrogen) atoms. The SMILES string of the molecule is CCCCN1CC[C@]2(c3cccc(OC)c3)C[C@H]1Cc1[nH]c3ccccc3c12. The van der Waals surface area contributed by atoms with Crippen LogP contribution in [-0.4, -0.2) is 36.1 Å². The van der Waals surface area contributed by atoms with Crippen molar-refractivity contribution >= 4 is 10.9 Å². The van der Waals surface area contributed by atoms with E-state index in [0.29, 0.717) is 6.04 Å². The number of nitrogens with one attached hydrogen (secondary N) is 1. The van der Waals surface area contributed by atoms with Crippen LogP contribution in [0.5, 0.6) is 5.75 Å². The predicted molar refractivity (Wildman–Crippen MR) is 115 cm³/mol. The van der Waals surface area contributed by atoms with Crippen LogP contribution in [0.3, 0.4) is 0 Å². The fraction of sp³-hybridized carbons (Fsp3) is 0.440. The van der Waals surface area contributed by atoms with Gasteiger partial charge in [0.05, 0.1) is 7.11 Å². The van der Waals surface area contributed by atoms with E-state index in [-0.39, 0.29) is 5.41 Å². The molecule has 0 saturated carbocycles. The standard InChI is InChI=1S/C25H30N2O/c1-3-4-13-27-14-12-25(18-8-7-9-20(15-18)28-2)17-19(27)16-23-24(25)21-10-5-6-11-22(21)26-23/h5-11,15,19,26H,3-4,12-14,16-17H2,1-2H3/t19-,25-/m1/s1. The molecule has 0 spiro atoms. The van der Waals surface area contributed by atoms with E-state index in [1.807, 2.05) is 0 Å². The van der Waals surface area contributed by atoms with Crippen LogP contribution in [0.15, 0.2) is 48.5 Å². The molecule has 2 heterocycles. The van der Waals surface area contributed by atoms with Gasteiger partial charge < -0.3 is 9.72 Å². The average molecular weight is 375 g/mol. The maximum Gasteiger partial charge on any atom is 0.119 e. The van der Waals surface area contributed by atoms with Crippen molar-refractivity contribution in [2.24, 2.45) is 0 Å². The lowest BCUT2D eigenvalue weighted by Gasteiger charge is -2.51. The summed E-state index contributed by atoms with van der Waals surface area (Å²) >= 11 is 0. The van der Waals surface area contributed by atoms with E-state index in [4.69, 9.17) is 4.74 Å². The number of aromatic nitrogens is 1. The van der Waals surface area contributed by atoms with E-state index >= 15 is 0 Å². The zero-order valence-corrected chi connectivity index (χ0v) is 17.0. The normalized spacial score (nSPS) is 24.3. The first-order valence-corrected chi connectivity index (χ1v) is 10.7. The van der Waals surface area contributed by atoms with Crippen molar-refractivity contribution in [2.45, 2.75) is 50.5 Å². The smallest absolute Gasteiger partial charge is 0.119 e. The third kappa shape index (κ3) is 2.68. The molecule has 3 heteroatoms. The number of ether oxygens (including phenoxy) is 1. The van der Waals surface area contributed by atoms with Crippen LogP contribution in [0, 0.1) is 0 Å². The minimum absolute atomic E-state index is 0.0785. The number of rotatable bonds is 5. The van der Waals surface area contributed by atoms with Gasteiger partial charge in [-0.15, -0.1) is 0 Å². The number of aromatic amines is 1. The summed E-state index contributed by atoms with van der Waals surface area (Å²) in [5, 5.41) is 1.40. The van der Waals surface area contributed by atoms with E-state index in [9.17, 15) is 0 Å². The van der Waals surface area contributed by atoms with Crippen LogP contribution in [0.4, 0.5) is 0 Å². The van der Waals surface area contributed by atoms with Crippen LogP contribution in [0.1, 0.15) is 49.4 Å². The molecule has 1 aliphatic heterocycles. The number of para-hydroxylation sites is 1. The molecule has 0 radical (unpaired) electrons. The lowest BCUT2D eigenvalue weighted by Crippen LogP contribution is -2.53. The summed E-state index contributed by atoms with van der Waals surface area (Å²) in [6, 6.07) is 18.3. The van der Waals surface area contributed by atoms with E-state index in [0.717, 1.165) is 12.2 Å². The van der Waals surface area contributed by atoms with Gasteiger partial charge in [0.25, 0.3) is 0 Å². The van der Waals surface area contributed by atoms with Crippen LogP contribution >= 0.6 is 0 Å². The first-order chi connectivity index (χ1) is 13.7. The van der Waals surface area contributed by atoms with Crippen molar-refractivity contribution in [1.29, 1.82) is 0 Å². The number of benzene rings is 2. The molecule has 1 aromatic heterocycles. The molecule has 1 saturated heterocycles. The van der Waals surface area contributed by atoms with Gasteiger partial charge in [0.2, 0.25) is 0 Å². The van der Waals surface area contributed by atoms with Crippen LogP contribution in [0.25, 0.3) is 10.9 Å².